The molecule has 0 amide bonds. The van der Waals surface area contributed by atoms with Gasteiger partial charge in [0.15, 0.2) is 0 Å². The second kappa shape index (κ2) is 6.89. The van der Waals surface area contributed by atoms with Crippen molar-refractivity contribution in [2.24, 2.45) is 0 Å². The molecule has 1 N–H and O–H groups in total. The molecule has 1 heterocycles. The summed E-state index contributed by atoms with van der Waals surface area (Å²) in [5.74, 6) is -0.893. The van der Waals surface area contributed by atoms with Crippen LogP contribution in [0.5, 0.6) is 0 Å². The molecule has 0 fully saturated rings. The fraction of sp³-hybridized carbons (Fsp3) is 0.538. The number of nitrogens with zero attached hydrogens (tertiary/aromatic N) is 2. The van der Waals surface area contributed by atoms with Gasteiger partial charge in [-0.05, 0) is 19.3 Å². The van der Waals surface area contributed by atoms with Crippen LogP contribution < -0.4 is 4.57 Å². The molecule has 0 aromatic carbocycles. The molecule has 0 atom stereocenters. The summed E-state index contributed by atoms with van der Waals surface area (Å²) in [6.07, 6.45) is 9.89. The highest BCUT2D eigenvalue weighted by Gasteiger charge is 2.06. The lowest BCUT2D eigenvalue weighted by Gasteiger charge is -1.98. The molecule has 0 bridgehead atoms. The summed E-state index contributed by atoms with van der Waals surface area (Å²) in [6.45, 7) is 7.58. The number of carboxylic acids is 1. The average molecular weight is 237 g/mol. The van der Waals surface area contributed by atoms with Crippen molar-refractivity contribution in [3.63, 3.8) is 0 Å². The van der Waals surface area contributed by atoms with E-state index in [2.05, 4.69) is 35.2 Å². The maximum absolute atomic E-state index is 10.6. The number of carboxylic acid groups (broad SMARTS) is 1. The topological polar surface area (TPSA) is 46.1 Å². The lowest BCUT2D eigenvalue weighted by Crippen LogP contribution is -2.31. The average Bonchev–Trinajstić information content (AvgIpc) is 2.74. The third kappa shape index (κ3) is 4.85. The van der Waals surface area contributed by atoms with Crippen LogP contribution in [-0.4, -0.2) is 15.6 Å². The zero-order chi connectivity index (χ0) is 12.7. The van der Waals surface area contributed by atoms with Crippen molar-refractivity contribution in [3.05, 3.63) is 30.9 Å². The Hall–Kier alpha value is -1.58. The van der Waals surface area contributed by atoms with Gasteiger partial charge in [0, 0.05) is 5.57 Å². The van der Waals surface area contributed by atoms with Crippen LogP contribution in [0.15, 0.2) is 30.9 Å². The molecule has 0 saturated heterocycles. The highest BCUT2D eigenvalue weighted by Crippen LogP contribution is 2.02. The van der Waals surface area contributed by atoms with Gasteiger partial charge in [0.05, 0.1) is 13.1 Å². The largest absolute Gasteiger partial charge is 0.478 e. The van der Waals surface area contributed by atoms with Crippen LogP contribution in [0, 0.1) is 0 Å². The molecule has 0 spiro atoms. The summed E-state index contributed by atoms with van der Waals surface area (Å²) in [7, 11) is 0. The lowest BCUT2D eigenvalue weighted by molar-refractivity contribution is -0.696. The minimum atomic E-state index is -0.893. The first-order valence-electron chi connectivity index (χ1n) is 6.09. The summed E-state index contributed by atoms with van der Waals surface area (Å²) >= 11 is 0. The Morgan fingerprint density at radius 3 is 2.88 bits per heavy atom. The molecule has 0 unspecified atom stereocenters. The van der Waals surface area contributed by atoms with E-state index in [-0.39, 0.29) is 5.57 Å². The Bertz CT molecular complexity index is 383. The summed E-state index contributed by atoms with van der Waals surface area (Å²) in [5.41, 5.74) is 0.288. The van der Waals surface area contributed by atoms with Crippen molar-refractivity contribution in [3.8, 4) is 0 Å². The molecular formula is C13H21N2O2+. The Kier molecular flexibility index (Phi) is 5.46. The summed E-state index contributed by atoms with van der Waals surface area (Å²) in [5, 5.41) is 8.67. The summed E-state index contributed by atoms with van der Waals surface area (Å²) in [6, 6.07) is 0. The number of aliphatic carboxylic acids is 1. The molecule has 4 heteroatoms. The Morgan fingerprint density at radius 1 is 1.47 bits per heavy atom. The van der Waals surface area contributed by atoms with Crippen LogP contribution in [0.4, 0.5) is 0 Å². The van der Waals surface area contributed by atoms with Crippen LogP contribution in [0.1, 0.15) is 32.6 Å². The van der Waals surface area contributed by atoms with Gasteiger partial charge in [0.2, 0.25) is 6.33 Å². The number of imidazole rings is 1. The van der Waals surface area contributed by atoms with E-state index in [0.717, 1.165) is 19.5 Å². The molecule has 1 rings (SSSR count). The Morgan fingerprint density at radius 2 is 2.24 bits per heavy atom. The molecule has 0 aliphatic rings. The maximum Gasteiger partial charge on any atom is 0.330 e. The second-order valence-electron chi connectivity index (χ2n) is 4.26. The molecule has 0 aliphatic heterocycles. The molecule has 1 aromatic rings. The molecule has 0 saturated carbocycles. The van der Waals surface area contributed by atoms with Crippen molar-refractivity contribution < 1.29 is 14.5 Å². The standard InChI is InChI=1S/C13H20N2O2/c1-3-4-7-14-9-10-15(11-14)8-5-6-12(2)13(16)17/h9-11H,2-8H2,1H3/p+1. The van der Waals surface area contributed by atoms with Crippen molar-refractivity contribution in [1.82, 2.24) is 4.57 Å². The van der Waals surface area contributed by atoms with Gasteiger partial charge in [-0.2, -0.15) is 0 Å². The van der Waals surface area contributed by atoms with Gasteiger partial charge in [0.1, 0.15) is 12.4 Å². The van der Waals surface area contributed by atoms with E-state index < -0.39 is 5.97 Å². The fourth-order valence-corrected chi connectivity index (χ4v) is 1.63. The van der Waals surface area contributed by atoms with Crippen molar-refractivity contribution in [1.29, 1.82) is 0 Å². The monoisotopic (exact) mass is 237 g/mol. The normalized spacial score (nSPS) is 10.4. The highest BCUT2D eigenvalue weighted by molar-refractivity contribution is 5.85. The number of aromatic nitrogens is 2. The lowest BCUT2D eigenvalue weighted by atomic mass is 10.2. The van der Waals surface area contributed by atoms with Gasteiger partial charge >= 0.3 is 5.97 Å². The third-order valence-corrected chi connectivity index (χ3v) is 2.71. The van der Waals surface area contributed by atoms with Gasteiger partial charge in [-0.3, -0.25) is 0 Å². The van der Waals surface area contributed by atoms with Crippen molar-refractivity contribution in [2.45, 2.75) is 45.7 Å². The number of rotatable bonds is 8. The zero-order valence-electron chi connectivity index (χ0n) is 10.4. The number of aryl methyl sites for hydroxylation is 2. The molecule has 17 heavy (non-hydrogen) atoms. The predicted molar refractivity (Wildman–Crippen MR) is 65.5 cm³/mol. The minimum Gasteiger partial charge on any atom is -0.478 e. The van der Waals surface area contributed by atoms with E-state index in [1.807, 2.05) is 6.20 Å². The van der Waals surface area contributed by atoms with Crippen LogP contribution >= 0.6 is 0 Å². The van der Waals surface area contributed by atoms with Gasteiger partial charge in [0.25, 0.3) is 0 Å². The van der Waals surface area contributed by atoms with E-state index in [0.29, 0.717) is 6.42 Å². The van der Waals surface area contributed by atoms with E-state index in [4.69, 9.17) is 5.11 Å². The highest BCUT2D eigenvalue weighted by atomic mass is 16.4. The van der Waals surface area contributed by atoms with Gasteiger partial charge in [-0.25, -0.2) is 13.9 Å². The first-order chi connectivity index (χ1) is 8.13. The second-order valence-corrected chi connectivity index (χ2v) is 4.26. The number of unbranched alkanes of at least 4 members (excludes halogenated alkanes) is 1. The number of hydrogen-bond donors (Lipinski definition) is 1. The number of carbonyl (C=O) groups is 1. The van der Waals surface area contributed by atoms with Gasteiger partial charge in [-0.1, -0.05) is 19.9 Å². The van der Waals surface area contributed by atoms with Crippen molar-refractivity contribution >= 4 is 5.97 Å². The van der Waals surface area contributed by atoms with Gasteiger partial charge < -0.3 is 5.11 Å². The SMILES string of the molecule is C=C(CCC[n+]1ccn(CCCC)c1)C(=O)O. The van der Waals surface area contributed by atoms with E-state index in [9.17, 15) is 4.79 Å². The van der Waals surface area contributed by atoms with Crippen LogP contribution in [0.2, 0.25) is 0 Å². The minimum absolute atomic E-state index is 0.288. The zero-order valence-corrected chi connectivity index (χ0v) is 10.4. The first kappa shape index (κ1) is 13.5. The number of hydrogen-bond acceptors (Lipinski definition) is 1. The van der Waals surface area contributed by atoms with E-state index in [1.54, 1.807) is 0 Å². The van der Waals surface area contributed by atoms with Crippen LogP contribution in [0.25, 0.3) is 0 Å². The molecule has 0 aliphatic carbocycles. The molecule has 1 aromatic heterocycles. The summed E-state index contributed by atoms with van der Waals surface area (Å²) < 4.78 is 4.25. The summed E-state index contributed by atoms with van der Waals surface area (Å²) in [4.78, 5) is 10.6. The van der Waals surface area contributed by atoms with Crippen molar-refractivity contribution in [2.75, 3.05) is 0 Å². The molecule has 94 valence electrons. The molecular weight excluding hydrogens is 216 g/mol. The van der Waals surface area contributed by atoms with Crippen LogP contribution in [-0.2, 0) is 17.9 Å². The van der Waals surface area contributed by atoms with Crippen LogP contribution in [0.3, 0.4) is 0 Å². The maximum atomic E-state index is 10.6. The molecule has 0 radical (unpaired) electrons. The van der Waals surface area contributed by atoms with E-state index in [1.165, 1.54) is 12.8 Å². The van der Waals surface area contributed by atoms with Gasteiger partial charge in [-0.15, -0.1) is 0 Å². The smallest absolute Gasteiger partial charge is 0.330 e. The van der Waals surface area contributed by atoms with E-state index >= 15 is 0 Å². The fourth-order valence-electron chi connectivity index (χ4n) is 1.63. The quantitative estimate of drug-likeness (QED) is 0.555. The first-order valence-corrected chi connectivity index (χ1v) is 6.09. The Labute approximate surface area is 102 Å². The Balaban J connectivity index is 2.29. The predicted octanol–water partition coefficient (Wildman–Crippen LogP) is 2.00. The molecule has 4 nitrogen and oxygen atoms in total. The third-order valence-electron chi connectivity index (χ3n) is 2.71.